The molecule has 0 aliphatic carbocycles. The number of anilines is 1. The number of halogens is 2. The lowest BCUT2D eigenvalue weighted by molar-refractivity contribution is 0.0881. The molecule has 1 N–H and O–H groups in total. The molecule has 0 unspecified atom stereocenters. The van der Waals surface area contributed by atoms with Gasteiger partial charge in [-0.3, -0.25) is 0 Å². The minimum absolute atomic E-state index is 0.141. The predicted octanol–water partition coefficient (Wildman–Crippen LogP) is 5.21. The van der Waals surface area contributed by atoms with Gasteiger partial charge < -0.3 is 15.0 Å². The molecule has 1 amide bonds. The maximum Gasteiger partial charge on any atom is 0.410 e. The Morgan fingerprint density at radius 2 is 1.78 bits per heavy atom. The summed E-state index contributed by atoms with van der Waals surface area (Å²) in [6.45, 7) is 1.42. The number of nitrogens with one attached hydrogen (secondary N) is 1. The average Bonchev–Trinajstić information content (AvgIpc) is 2.69. The number of alkyl halides is 2. The quantitative estimate of drug-likeness (QED) is 0.685. The van der Waals surface area contributed by atoms with E-state index >= 15 is 0 Å². The summed E-state index contributed by atoms with van der Waals surface area (Å²) in [6, 6.07) is 16.8. The van der Waals surface area contributed by atoms with E-state index < -0.39 is 5.76 Å². The van der Waals surface area contributed by atoms with Gasteiger partial charge in [0.15, 0.2) is 0 Å². The monoisotopic (exact) mass is 392 g/mol. The highest BCUT2D eigenvalue weighted by Gasteiger charge is 2.24. The van der Waals surface area contributed by atoms with Crippen LogP contribution in [0.1, 0.15) is 18.4 Å². The molecule has 0 aromatic heterocycles. The van der Waals surface area contributed by atoms with Gasteiger partial charge in [-0.25, -0.2) is 4.79 Å². The molecule has 1 fully saturated rings. The second-order valence-electron chi connectivity index (χ2n) is 6.32. The zero-order valence-electron chi connectivity index (χ0n) is 14.8. The van der Waals surface area contributed by atoms with Crippen molar-refractivity contribution in [2.24, 2.45) is 0 Å². The van der Waals surface area contributed by atoms with Crippen LogP contribution < -0.4 is 5.32 Å². The largest absolute Gasteiger partial charge is 0.445 e. The third-order valence-corrected chi connectivity index (χ3v) is 5.21. The molecule has 1 aliphatic heterocycles. The molecule has 1 heterocycles. The Balaban J connectivity index is 1.47. The van der Waals surface area contributed by atoms with Crippen LogP contribution in [0.5, 0.6) is 0 Å². The van der Waals surface area contributed by atoms with Gasteiger partial charge >= 0.3 is 6.09 Å². The van der Waals surface area contributed by atoms with Gasteiger partial charge in [0, 0.05) is 29.7 Å². The zero-order valence-corrected chi connectivity index (χ0v) is 15.6. The maximum atomic E-state index is 12.7. The Morgan fingerprint density at radius 3 is 2.48 bits per heavy atom. The van der Waals surface area contributed by atoms with Crippen LogP contribution in [-0.2, 0) is 11.3 Å². The molecule has 4 nitrogen and oxygen atoms in total. The summed E-state index contributed by atoms with van der Waals surface area (Å²) in [7, 11) is 0. The molecule has 0 radical (unpaired) electrons. The van der Waals surface area contributed by atoms with E-state index in [-0.39, 0.29) is 18.7 Å². The van der Waals surface area contributed by atoms with Crippen molar-refractivity contribution in [1.29, 1.82) is 0 Å². The molecule has 2 aromatic rings. The Kier molecular flexibility index (Phi) is 6.92. The van der Waals surface area contributed by atoms with Crippen LogP contribution in [0.3, 0.4) is 0 Å². The molecule has 0 saturated carbocycles. The van der Waals surface area contributed by atoms with E-state index in [0.29, 0.717) is 35.4 Å². The smallest absolute Gasteiger partial charge is 0.410 e. The van der Waals surface area contributed by atoms with Crippen LogP contribution >= 0.6 is 11.8 Å². The highest BCUT2D eigenvalue weighted by atomic mass is 32.2. The van der Waals surface area contributed by atoms with Crippen molar-refractivity contribution >= 4 is 23.5 Å². The van der Waals surface area contributed by atoms with Gasteiger partial charge in [-0.1, -0.05) is 54.2 Å². The number of piperidine rings is 1. The minimum atomic E-state index is -2.45. The lowest BCUT2D eigenvalue weighted by atomic mass is 10.1. The highest BCUT2D eigenvalue weighted by molar-refractivity contribution is 7.99. The van der Waals surface area contributed by atoms with Crippen LogP contribution in [0, 0.1) is 0 Å². The highest BCUT2D eigenvalue weighted by Crippen LogP contribution is 2.32. The molecule has 27 heavy (non-hydrogen) atoms. The van der Waals surface area contributed by atoms with E-state index in [1.165, 1.54) is 0 Å². The summed E-state index contributed by atoms with van der Waals surface area (Å²) in [4.78, 5) is 14.4. The number of likely N-dealkylation sites (tertiary alicyclic amines) is 1. The van der Waals surface area contributed by atoms with Gasteiger partial charge in [0.2, 0.25) is 0 Å². The predicted molar refractivity (Wildman–Crippen MR) is 103 cm³/mol. The number of thioether (sulfide) groups is 1. The summed E-state index contributed by atoms with van der Waals surface area (Å²) < 4.78 is 30.7. The van der Waals surface area contributed by atoms with Crippen LogP contribution in [-0.4, -0.2) is 35.9 Å². The standard InChI is InChI=1S/C20H22F2N2O2S/c21-19(22)27-18-9-5-4-8-17(18)23-16-10-12-24(13-11-16)20(25)26-14-15-6-2-1-3-7-15/h1-9,16,19,23H,10-14H2. The lowest BCUT2D eigenvalue weighted by Gasteiger charge is -2.32. The molecule has 0 atom stereocenters. The van der Waals surface area contributed by atoms with Gasteiger partial charge in [0.1, 0.15) is 6.61 Å². The number of para-hydroxylation sites is 1. The molecule has 3 rings (SSSR count). The van der Waals surface area contributed by atoms with Gasteiger partial charge in [0.05, 0.1) is 0 Å². The summed E-state index contributed by atoms with van der Waals surface area (Å²) in [5.41, 5.74) is 1.67. The molecule has 0 bridgehead atoms. The summed E-state index contributed by atoms with van der Waals surface area (Å²) in [6.07, 6.45) is 1.17. The van der Waals surface area contributed by atoms with Crippen molar-refractivity contribution < 1.29 is 18.3 Å². The second kappa shape index (κ2) is 9.60. The fourth-order valence-electron chi connectivity index (χ4n) is 3.02. The van der Waals surface area contributed by atoms with Crippen molar-refractivity contribution in [3.63, 3.8) is 0 Å². The normalized spacial score (nSPS) is 15.0. The first-order valence-corrected chi connectivity index (χ1v) is 9.76. The Morgan fingerprint density at radius 1 is 1.11 bits per heavy atom. The van der Waals surface area contributed by atoms with Gasteiger partial charge in [-0.2, -0.15) is 8.78 Å². The zero-order chi connectivity index (χ0) is 19.1. The third-order valence-electron chi connectivity index (χ3n) is 4.42. The van der Waals surface area contributed by atoms with Crippen molar-refractivity contribution in [2.75, 3.05) is 18.4 Å². The van der Waals surface area contributed by atoms with E-state index in [4.69, 9.17) is 4.74 Å². The average molecular weight is 392 g/mol. The minimum Gasteiger partial charge on any atom is -0.445 e. The molecule has 2 aromatic carbocycles. The molecular formula is C20H22F2N2O2S. The van der Waals surface area contributed by atoms with Crippen LogP contribution in [0.25, 0.3) is 0 Å². The first-order chi connectivity index (χ1) is 13.1. The number of carbonyl (C=O) groups excluding carboxylic acids is 1. The van der Waals surface area contributed by atoms with E-state index in [1.54, 1.807) is 17.0 Å². The van der Waals surface area contributed by atoms with Crippen LogP contribution in [0.2, 0.25) is 0 Å². The van der Waals surface area contributed by atoms with E-state index in [2.05, 4.69) is 5.32 Å². The Labute approximate surface area is 161 Å². The fraction of sp³-hybridized carbons (Fsp3) is 0.350. The second-order valence-corrected chi connectivity index (χ2v) is 7.35. The number of amides is 1. The lowest BCUT2D eigenvalue weighted by Crippen LogP contribution is -2.42. The number of nitrogens with zero attached hydrogens (tertiary/aromatic N) is 1. The summed E-state index contributed by atoms with van der Waals surface area (Å²) in [5, 5.41) is 3.34. The van der Waals surface area contributed by atoms with Crippen molar-refractivity contribution in [3.8, 4) is 0 Å². The van der Waals surface area contributed by atoms with Crippen molar-refractivity contribution in [3.05, 3.63) is 60.2 Å². The number of hydrogen-bond donors (Lipinski definition) is 1. The maximum absolute atomic E-state index is 12.7. The first-order valence-electron chi connectivity index (χ1n) is 8.88. The molecule has 0 spiro atoms. The number of hydrogen-bond acceptors (Lipinski definition) is 4. The number of ether oxygens (including phenoxy) is 1. The van der Waals surface area contributed by atoms with Crippen LogP contribution in [0.4, 0.5) is 19.3 Å². The van der Waals surface area contributed by atoms with Crippen molar-refractivity contribution in [1.82, 2.24) is 4.90 Å². The number of rotatable bonds is 6. The van der Waals surface area contributed by atoms with Gasteiger partial charge in [0.25, 0.3) is 5.76 Å². The van der Waals surface area contributed by atoms with E-state index in [1.807, 2.05) is 42.5 Å². The molecule has 1 saturated heterocycles. The van der Waals surface area contributed by atoms with E-state index in [9.17, 15) is 13.6 Å². The summed E-state index contributed by atoms with van der Waals surface area (Å²) in [5.74, 6) is -2.45. The van der Waals surface area contributed by atoms with Gasteiger partial charge in [-0.05, 0) is 30.5 Å². The topological polar surface area (TPSA) is 41.6 Å². The number of benzene rings is 2. The Bertz CT molecular complexity index is 738. The molecule has 7 heteroatoms. The SMILES string of the molecule is O=C(OCc1ccccc1)N1CCC(Nc2ccccc2SC(F)F)CC1. The van der Waals surface area contributed by atoms with E-state index in [0.717, 1.165) is 18.4 Å². The molecule has 1 aliphatic rings. The van der Waals surface area contributed by atoms with Crippen LogP contribution in [0.15, 0.2) is 59.5 Å². The first kappa shape index (κ1) is 19.5. The molecular weight excluding hydrogens is 370 g/mol. The number of carbonyl (C=O) groups is 1. The Hall–Kier alpha value is -2.28. The van der Waals surface area contributed by atoms with Gasteiger partial charge in [-0.15, -0.1) is 0 Å². The summed E-state index contributed by atoms with van der Waals surface area (Å²) >= 11 is 0.543. The third kappa shape index (κ3) is 5.85. The molecule has 144 valence electrons. The fourth-order valence-corrected chi connectivity index (χ4v) is 3.62. The van der Waals surface area contributed by atoms with Crippen molar-refractivity contribution in [2.45, 2.75) is 36.1 Å².